The average Bonchev–Trinajstić information content (AvgIpc) is 3.00. The highest BCUT2D eigenvalue weighted by Crippen LogP contribution is 2.28. The Morgan fingerprint density at radius 2 is 1.79 bits per heavy atom. The molecule has 0 saturated heterocycles. The van der Waals surface area contributed by atoms with E-state index in [1.165, 1.54) is 6.07 Å². The van der Waals surface area contributed by atoms with Crippen LogP contribution in [0.5, 0.6) is 0 Å². The molecular weight excluding hydrogens is 422 g/mol. The Kier molecular flexibility index (Phi) is 6.34. The molecule has 8 heteroatoms. The maximum Gasteiger partial charge on any atom is 0.261 e. The lowest BCUT2D eigenvalue weighted by Crippen LogP contribution is -2.22. The van der Waals surface area contributed by atoms with Crippen molar-refractivity contribution in [3.63, 3.8) is 0 Å². The molecule has 0 aliphatic carbocycles. The summed E-state index contributed by atoms with van der Waals surface area (Å²) in [5.41, 5.74) is 1.69. The molecule has 0 aliphatic heterocycles. The smallest absolute Gasteiger partial charge is 0.261 e. The molecule has 0 radical (unpaired) electrons. The molecule has 0 aliphatic rings. The van der Waals surface area contributed by atoms with Gasteiger partial charge in [-0.2, -0.15) is 0 Å². The normalized spacial score (nSPS) is 10.6. The van der Waals surface area contributed by atoms with Crippen LogP contribution in [0.3, 0.4) is 0 Å². The van der Waals surface area contributed by atoms with Crippen molar-refractivity contribution >= 4 is 51.4 Å². The topological polar surface area (TPSA) is 58.2 Å². The van der Waals surface area contributed by atoms with Gasteiger partial charge in [0.05, 0.1) is 20.5 Å². The van der Waals surface area contributed by atoms with E-state index in [0.717, 1.165) is 34.6 Å². The van der Waals surface area contributed by atoms with Crippen molar-refractivity contribution in [2.75, 3.05) is 5.32 Å². The third-order valence-corrected chi connectivity index (χ3v) is 5.77. The van der Waals surface area contributed by atoms with E-state index in [2.05, 4.69) is 10.6 Å². The van der Waals surface area contributed by atoms with Gasteiger partial charge in [-0.1, -0.05) is 41.4 Å². The van der Waals surface area contributed by atoms with Gasteiger partial charge in [-0.15, -0.1) is 11.3 Å². The van der Waals surface area contributed by atoms with E-state index in [4.69, 9.17) is 23.2 Å². The monoisotopic (exact) mass is 436 g/mol. The molecule has 0 saturated carbocycles. The molecule has 144 valence electrons. The molecule has 3 aromatic rings. The largest absolute Gasteiger partial charge is 0.347 e. The minimum atomic E-state index is -0.522. The highest BCUT2D eigenvalue weighted by molar-refractivity contribution is 7.18. The van der Waals surface area contributed by atoms with Crippen LogP contribution in [0.1, 0.15) is 31.2 Å². The maximum atomic E-state index is 13.1. The third-order valence-electron chi connectivity index (χ3n) is 3.93. The first kappa shape index (κ1) is 20.3. The molecule has 4 nitrogen and oxygen atoms in total. The summed E-state index contributed by atoms with van der Waals surface area (Å²) in [6.07, 6.45) is 0. The highest BCUT2D eigenvalue weighted by atomic mass is 35.5. The summed E-state index contributed by atoms with van der Waals surface area (Å²) in [5.74, 6) is -1.26. The van der Waals surface area contributed by atoms with E-state index in [0.29, 0.717) is 21.4 Å². The molecule has 0 fully saturated rings. The summed E-state index contributed by atoms with van der Waals surface area (Å²) >= 11 is 13.2. The second-order valence-electron chi connectivity index (χ2n) is 5.98. The lowest BCUT2D eigenvalue weighted by atomic mass is 10.2. The van der Waals surface area contributed by atoms with Crippen molar-refractivity contribution in [2.45, 2.75) is 13.5 Å². The van der Waals surface area contributed by atoms with Crippen LogP contribution < -0.4 is 10.6 Å². The van der Waals surface area contributed by atoms with Crippen molar-refractivity contribution in [1.82, 2.24) is 5.32 Å². The predicted molar refractivity (Wildman–Crippen MR) is 111 cm³/mol. The number of nitrogens with one attached hydrogen (secondary N) is 2. The van der Waals surface area contributed by atoms with Crippen molar-refractivity contribution in [2.24, 2.45) is 0 Å². The summed E-state index contributed by atoms with van der Waals surface area (Å²) in [6, 6.07) is 12.5. The van der Waals surface area contributed by atoms with Crippen molar-refractivity contribution < 1.29 is 14.0 Å². The molecule has 1 heterocycles. The van der Waals surface area contributed by atoms with Crippen LogP contribution >= 0.6 is 34.5 Å². The number of benzene rings is 2. The van der Waals surface area contributed by atoms with Gasteiger partial charge in [0.1, 0.15) is 5.82 Å². The summed E-state index contributed by atoms with van der Waals surface area (Å²) in [6.45, 7) is 2.07. The molecule has 0 unspecified atom stereocenters. The SMILES string of the molecule is Cc1cc(NC(=O)c2ccc(F)cc2Cl)sc1C(=O)NCc1ccccc1Cl. The van der Waals surface area contributed by atoms with Gasteiger partial charge in [-0.25, -0.2) is 4.39 Å². The lowest BCUT2D eigenvalue weighted by molar-refractivity contribution is 0.0953. The molecule has 3 rings (SSSR count). The number of thiophene rings is 1. The minimum Gasteiger partial charge on any atom is -0.347 e. The van der Waals surface area contributed by atoms with Crippen molar-refractivity contribution in [3.8, 4) is 0 Å². The van der Waals surface area contributed by atoms with E-state index in [9.17, 15) is 14.0 Å². The quantitative estimate of drug-likeness (QED) is 0.539. The van der Waals surface area contributed by atoms with Gasteiger partial charge in [0.15, 0.2) is 0 Å². The van der Waals surface area contributed by atoms with Gasteiger partial charge >= 0.3 is 0 Å². The lowest BCUT2D eigenvalue weighted by Gasteiger charge is -2.06. The zero-order valence-corrected chi connectivity index (χ0v) is 17.0. The van der Waals surface area contributed by atoms with Gasteiger partial charge in [0.25, 0.3) is 11.8 Å². The number of rotatable bonds is 5. The zero-order valence-electron chi connectivity index (χ0n) is 14.7. The molecule has 2 N–H and O–H groups in total. The first-order chi connectivity index (χ1) is 13.3. The van der Waals surface area contributed by atoms with Crippen molar-refractivity contribution in [3.05, 3.63) is 86.0 Å². The predicted octanol–water partition coefficient (Wildman–Crippen LogP) is 5.68. The number of hydrogen-bond acceptors (Lipinski definition) is 3. The Bertz CT molecular complexity index is 1050. The highest BCUT2D eigenvalue weighted by Gasteiger charge is 2.17. The Labute approximate surface area is 175 Å². The van der Waals surface area contributed by atoms with Gasteiger partial charge in [-0.3, -0.25) is 9.59 Å². The maximum absolute atomic E-state index is 13.1. The molecule has 28 heavy (non-hydrogen) atoms. The molecule has 2 aromatic carbocycles. The van der Waals surface area contributed by atoms with E-state index < -0.39 is 11.7 Å². The van der Waals surface area contributed by atoms with Crippen molar-refractivity contribution in [1.29, 1.82) is 0 Å². The van der Waals surface area contributed by atoms with Crippen LogP contribution in [-0.4, -0.2) is 11.8 Å². The Hall–Kier alpha value is -2.41. The molecule has 1 aromatic heterocycles. The summed E-state index contributed by atoms with van der Waals surface area (Å²) in [7, 11) is 0. The molecule has 0 atom stereocenters. The Balaban J connectivity index is 1.69. The van der Waals surface area contributed by atoms with Crippen LogP contribution in [0.4, 0.5) is 9.39 Å². The number of hydrogen-bond donors (Lipinski definition) is 2. The minimum absolute atomic E-state index is 0.0171. The number of carbonyl (C=O) groups is 2. The van der Waals surface area contributed by atoms with Gasteiger partial charge in [-0.05, 0) is 48.4 Å². The third kappa shape index (κ3) is 4.70. The Morgan fingerprint density at radius 1 is 1.04 bits per heavy atom. The first-order valence-electron chi connectivity index (χ1n) is 8.23. The number of amides is 2. The summed E-state index contributed by atoms with van der Waals surface area (Å²) in [5, 5.41) is 6.60. The molecule has 0 bridgehead atoms. The van der Waals surface area contributed by atoms with E-state index >= 15 is 0 Å². The Morgan fingerprint density at radius 3 is 2.50 bits per heavy atom. The second kappa shape index (κ2) is 8.73. The van der Waals surface area contributed by atoms with Crippen LogP contribution in [0, 0.1) is 12.7 Å². The fourth-order valence-electron chi connectivity index (χ4n) is 2.52. The van der Waals surface area contributed by atoms with E-state index in [-0.39, 0.29) is 16.5 Å². The van der Waals surface area contributed by atoms with E-state index in [1.807, 2.05) is 18.2 Å². The summed E-state index contributed by atoms with van der Waals surface area (Å²) in [4.78, 5) is 25.3. The average molecular weight is 437 g/mol. The molecule has 2 amide bonds. The van der Waals surface area contributed by atoms with Crippen LogP contribution in [-0.2, 0) is 6.54 Å². The van der Waals surface area contributed by atoms with Gasteiger partial charge in [0.2, 0.25) is 0 Å². The van der Waals surface area contributed by atoms with Crippen LogP contribution in [0.25, 0.3) is 0 Å². The molecule has 0 spiro atoms. The second-order valence-corrected chi connectivity index (χ2v) is 7.84. The number of anilines is 1. The summed E-state index contributed by atoms with van der Waals surface area (Å²) < 4.78 is 13.1. The molecular formula is C20H15Cl2FN2O2S. The zero-order chi connectivity index (χ0) is 20.3. The van der Waals surface area contributed by atoms with Gasteiger partial charge in [0, 0.05) is 11.6 Å². The fourth-order valence-corrected chi connectivity index (χ4v) is 3.96. The number of aryl methyl sites for hydroxylation is 1. The standard InChI is InChI=1S/C20H15Cl2FN2O2S/c1-11-8-17(25-19(26)14-7-6-13(23)9-16(14)22)28-18(11)20(27)24-10-12-4-2-3-5-15(12)21/h2-9H,10H2,1H3,(H,24,27)(H,25,26). The van der Waals surface area contributed by atoms with Crippen LogP contribution in [0.15, 0.2) is 48.5 Å². The number of carbonyl (C=O) groups excluding carboxylic acids is 2. The van der Waals surface area contributed by atoms with Gasteiger partial charge < -0.3 is 10.6 Å². The fraction of sp³-hybridized carbons (Fsp3) is 0.100. The van der Waals surface area contributed by atoms with Crippen LogP contribution in [0.2, 0.25) is 10.0 Å². The first-order valence-corrected chi connectivity index (χ1v) is 9.81. The number of halogens is 3. The van der Waals surface area contributed by atoms with E-state index in [1.54, 1.807) is 19.1 Å².